The minimum absolute atomic E-state index is 0.0388. The van der Waals surface area contributed by atoms with Gasteiger partial charge < -0.3 is 10.2 Å². The Bertz CT molecular complexity index is 461. The van der Waals surface area contributed by atoms with Crippen molar-refractivity contribution in [1.82, 2.24) is 15.2 Å². The standard InChI is InChI=1S/C14H19N3O2/c1-10(12-5-3-4-7-15-12)16-14(19)11-6-8-17(2)13(18)9-11/h3-5,7,10-11H,6,8-9H2,1-2H3,(H,16,19)/t10-,11-/m0/s1. The first kappa shape index (κ1) is 13.5. The molecule has 1 N–H and O–H groups in total. The summed E-state index contributed by atoms with van der Waals surface area (Å²) in [5, 5.41) is 2.93. The second-order valence-corrected chi connectivity index (χ2v) is 4.99. The molecule has 2 amide bonds. The van der Waals surface area contributed by atoms with E-state index >= 15 is 0 Å². The number of hydrogen-bond donors (Lipinski definition) is 1. The maximum absolute atomic E-state index is 12.1. The zero-order chi connectivity index (χ0) is 13.8. The number of nitrogens with one attached hydrogen (secondary N) is 1. The summed E-state index contributed by atoms with van der Waals surface area (Å²) in [6, 6.07) is 5.48. The number of carbonyl (C=O) groups is 2. The number of hydrogen-bond acceptors (Lipinski definition) is 3. The Balaban J connectivity index is 1.93. The minimum atomic E-state index is -0.213. The van der Waals surface area contributed by atoms with Crippen LogP contribution in [-0.2, 0) is 9.59 Å². The summed E-state index contributed by atoms with van der Waals surface area (Å²) < 4.78 is 0. The number of likely N-dealkylation sites (tertiary alicyclic amines) is 1. The van der Waals surface area contributed by atoms with Crippen LogP contribution in [0.3, 0.4) is 0 Å². The van der Waals surface area contributed by atoms with Crippen LogP contribution in [0.2, 0.25) is 0 Å². The Hall–Kier alpha value is -1.91. The molecule has 102 valence electrons. The zero-order valence-corrected chi connectivity index (χ0v) is 11.3. The topological polar surface area (TPSA) is 62.3 Å². The molecule has 2 heterocycles. The van der Waals surface area contributed by atoms with E-state index < -0.39 is 0 Å². The highest BCUT2D eigenvalue weighted by Gasteiger charge is 2.29. The normalized spacial score (nSPS) is 21.1. The molecule has 5 heteroatoms. The molecule has 0 bridgehead atoms. The van der Waals surface area contributed by atoms with Crippen molar-refractivity contribution in [1.29, 1.82) is 0 Å². The molecule has 1 aliphatic rings. The van der Waals surface area contributed by atoms with Crippen LogP contribution in [0.4, 0.5) is 0 Å². The van der Waals surface area contributed by atoms with Gasteiger partial charge in [-0.1, -0.05) is 6.07 Å². The molecular formula is C14H19N3O2. The van der Waals surface area contributed by atoms with Crippen LogP contribution < -0.4 is 5.32 Å². The lowest BCUT2D eigenvalue weighted by atomic mass is 9.95. The fourth-order valence-corrected chi connectivity index (χ4v) is 2.20. The molecule has 0 saturated carbocycles. The van der Waals surface area contributed by atoms with Crippen molar-refractivity contribution in [3.8, 4) is 0 Å². The molecule has 1 aromatic heterocycles. The quantitative estimate of drug-likeness (QED) is 0.887. The van der Waals surface area contributed by atoms with Gasteiger partial charge in [0.2, 0.25) is 11.8 Å². The first-order chi connectivity index (χ1) is 9.08. The Morgan fingerprint density at radius 1 is 1.53 bits per heavy atom. The summed E-state index contributed by atoms with van der Waals surface area (Å²) in [5.41, 5.74) is 0.829. The van der Waals surface area contributed by atoms with E-state index in [0.717, 1.165) is 12.1 Å². The highest BCUT2D eigenvalue weighted by atomic mass is 16.2. The third kappa shape index (κ3) is 3.30. The molecule has 5 nitrogen and oxygen atoms in total. The summed E-state index contributed by atoms with van der Waals surface area (Å²) >= 11 is 0. The van der Waals surface area contributed by atoms with Crippen LogP contribution in [0.25, 0.3) is 0 Å². The fourth-order valence-electron chi connectivity index (χ4n) is 2.20. The van der Waals surface area contributed by atoms with Gasteiger partial charge in [-0.15, -0.1) is 0 Å². The summed E-state index contributed by atoms with van der Waals surface area (Å²) in [4.78, 5) is 29.6. The smallest absolute Gasteiger partial charge is 0.224 e. The van der Waals surface area contributed by atoms with Crippen LogP contribution >= 0.6 is 0 Å². The van der Waals surface area contributed by atoms with Gasteiger partial charge >= 0.3 is 0 Å². The minimum Gasteiger partial charge on any atom is -0.348 e. The molecule has 0 unspecified atom stereocenters. The molecule has 0 spiro atoms. The molecule has 1 saturated heterocycles. The lowest BCUT2D eigenvalue weighted by molar-refractivity contribution is -0.139. The Morgan fingerprint density at radius 2 is 2.32 bits per heavy atom. The number of aromatic nitrogens is 1. The number of carbonyl (C=O) groups excluding carboxylic acids is 2. The third-order valence-corrected chi connectivity index (χ3v) is 3.52. The van der Waals surface area contributed by atoms with E-state index in [1.54, 1.807) is 18.1 Å². The van der Waals surface area contributed by atoms with Gasteiger partial charge in [0.15, 0.2) is 0 Å². The summed E-state index contributed by atoms with van der Waals surface area (Å²) in [5.74, 6) is -0.230. The van der Waals surface area contributed by atoms with Crippen LogP contribution in [0.5, 0.6) is 0 Å². The second-order valence-electron chi connectivity index (χ2n) is 4.99. The van der Waals surface area contributed by atoms with Crippen LogP contribution in [0, 0.1) is 5.92 Å². The molecule has 19 heavy (non-hydrogen) atoms. The van der Waals surface area contributed by atoms with E-state index in [9.17, 15) is 9.59 Å². The van der Waals surface area contributed by atoms with Gasteiger partial charge in [0.25, 0.3) is 0 Å². The van der Waals surface area contributed by atoms with Crippen molar-refractivity contribution in [3.63, 3.8) is 0 Å². The van der Waals surface area contributed by atoms with E-state index in [1.165, 1.54) is 0 Å². The SMILES string of the molecule is C[C@H](NC(=O)[C@H]1CCN(C)C(=O)C1)c1ccccn1. The van der Waals surface area contributed by atoms with Gasteiger partial charge in [-0.05, 0) is 25.5 Å². The average Bonchev–Trinajstić information content (AvgIpc) is 2.42. The second kappa shape index (κ2) is 5.82. The molecule has 1 fully saturated rings. The molecule has 0 aromatic carbocycles. The molecule has 1 aliphatic heterocycles. The van der Waals surface area contributed by atoms with Crippen molar-refractivity contribution in [3.05, 3.63) is 30.1 Å². The maximum atomic E-state index is 12.1. The number of rotatable bonds is 3. The van der Waals surface area contributed by atoms with Crippen LogP contribution in [0.1, 0.15) is 31.5 Å². The van der Waals surface area contributed by atoms with Crippen molar-refractivity contribution >= 4 is 11.8 Å². The average molecular weight is 261 g/mol. The van der Waals surface area contributed by atoms with E-state index in [1.807, 2.05) is 25.1 Å². The third-order valence-electron chi connectivity index (χ3n) is 3.52. The molecule has 2 atom stereocenters. The predicted molar refractivity (Wildman–Crippen MR) is 71.2 cm³/mol. The molecule has 2 rings (SSSR count). The van der Waals surface area contributed by atoms with Crippen molar-refractivity contribution in [2.75, 3.05) is 13.6 Å². The number of amides is 2. The lowest BCUT2D eigenvalue weighted by Crippen LogP contribution is -2.42. The summed E-state index contributed by atoms with van der Waals surface area (Å²) in [6.45, 7) is 2.55. The Labute approximate surface area is 113 Å². The van der Waals surface area contributed by atoms with E-state index in [2.05, 4.69) is 10.3 Å². The van der Waals surface area contributed by atoms with Crippen molar-refractivity contribution < 1.29 is 9.59 Å². The number of pyridine rings is 1. The van der Waals surface area contributed by atoms with Gasteiger partial charge in [0, 0.05) is 32.1 Å². The number of piperidine rings is 1. The maximum Gasteiger partial charge on any atom is 0.224 e. The van der Waals surface area contributed by atoms with Gasteiger partial charge in [0.1, 0.15) is 0 Å². The first-order valence-corrected chi connectivity index (χ1v) is 6.53. The van der Waals surface area contributed by atoms with Gasteiger partial charge in [-0.25, -0.2) is 0 Å². The van der Waals surface area contributed by atoms with Gasteiger partial charge in [-0.2, -0.15) is 0 Å². The number of nitrogens with zero attached hydrogens (tertiary/aromatic N) is 2. The largest absolute Gasteiger partial charge is 0.348 e. The van der Waals surface area contributed by atoms with E-state index in [0.29, 0.717) is 13.0 Å². The van der Waals surface area contributed by atoms with Gasteiger partial charge in [0.05, 0.1) is 11.7 Å². The van der Waals surface area contributed by atoms with E-state index in [-0.39, 0.29) is 23.8 Å². The Morgan fingerprint density at radius 3 is 2.95 bits per heavy atom. The lowest BCUT2D eigenvalue weighted by Gasteiger charge is -2.28. The zero-order valence-electron chi connectivity index (χ0n) is 11.3. The predicted octanol–water partition coefficient (Wildman–Crippen LogP) is 1.13. The highest BCUT2D eigenvalue weighted by molar-refractivity contribution is 5.87. The van der Waals surface area contributed by atoms with E-state index in [4.69, 9.17) is 0 Å². The van der Waals surface area contributed by atoms with Gasteiger partial charge in [-0.3, -0.25) is 14.6 Å². The van der Waals surface area contributed by atoms with Crippen molar-refractivity contribution in [2.45, 2.75) is 25.8 Å². The molecule has 0 aliphatic carbocycles. The van der Waals surface area contributed by atoms with Crippen LogP contribution in [0.15, 0.2) is 24.4 Å². The molecular weight excluding hydrogens is 242 g/mol. The molecule has 1 aromatic rings. The Kier molecular flexibility index (Phi) is 4.14. The summed E-state index contributed by atoms with van der Waals surface area (Å²) in [7, 11) is 1.77. The first-order valence-electron chi connectivity index (χ1n) is 6.53. The highest BCUT2D eigenvalue weighted by Crippen LogP contribution is 2.19. The van der Waals surface area contributed by atoms with Crippen molar-refractivity contribution in [2.24, 2.45) is 5.92 Å². The fraction of sp³-hybridized carbons (Fsp3) is 0.500. The summed E-state index contributed by atoms with van der Waals surface area (Å²) in [6.07, 6.45) is 2.73. The van der Waals surface area contributed by atoms with Crippen LogP contribution in [-0.4, -0.2) is 35.3 Å². The molecule has 0 radical (unpaired) electrons. The monoisotopic (exact) mass is 261 g/mol.